The van der Waals surface area contributed by atoms with Crippen LogP contribution < -0.4 is 11.1 Å². The Bertz CT molecular complexity index is 596. The zero-order valence-corrected chi connectivity index (χ0v) is 12.0. The zero-order chi connectivity index (χ0) is 14.5. The predicted octanol–water partition coefficient (Wildman–Crippen LogP) is 2.71. The van der Waals surface area contributed by atoms with Gasteiger partial charge in [0.1, 0.15) is 0 Å². The van der Waals surface area contributed by atoms with E-state index in [1.807, 2.05) is 32.0 Å². The van der Waals surface area contributed by atoms with Crippen molar-refractivity contribution in [3.05, 3.63) is 47.3 Å². The van der Waals surface area contributed by atoms with Crippen molar-refractivity contribution in [2.24, 2.45) is 10.7 Å². The van der Waals surface area contributed by atoms with Crippen LogP contribution in [0.15, 0.2) is 35.3 Å². The average Bonchev–Trinajstić information content (AvgIpc) is 2.38. The lowest BCUT2D eigenvalue weighted by Crippen LogP contribution is -2.22. The van der Waals surface area contributed by atoms with Crippen molar-refractivity contribution < 1.29 is 0 Å². The lowest BCUT2D eigenvalue weighted by molar-refractivity contribution is 1.04. The van der Waals surface area contributed by atoms with Gasteiger partial charge in [0.2, 0.25) is 5.96 Å². The lowest BCUT2D eigenvalue weighted by Gasteiger charge is -2.06. The van der Waals surface area contributed by atoms with Crippen LogP contribution in [-0.2, 0) is 6.42 Å². The minimum atomic E-state index is 0.277. The summed E-state index contributed by atoms with van der Waals surface area (Å²) in [7, 11) is 0. The molecule has 0 aliphatic heterocycles. The summed E-state index contributed by atoms with van der Waals surface area (Å²) in [6.45, 7) is 5.93. The molecule has 2 aromatic rings. The van der Waals surface area contributed by atoms with Crippen molar-refractivity contribution in [1.29, 1.82) is 0 Å². The minimum Gasteiger partial charge on any atom is -0.369 e. The molecule has 0 amide bonds. The summed E-state index contributed by atoms with van der Waals surface area (Å²) in [6.07, 6.45) is 1.01. The Morgan fingerprint density at radius 3 is 2.30 bits per heavy atom. The molecule has 0 spiro atoms. The van der Waals surface area contributed by atoms with Gasteiger partial charge in [0.15, 0.2) is 0 Å². The van der Waals surface area contributed by atoms with Gasteiger partial charge >= 0.3 is 0 Å². The highest BCUT2D eigenvalue weighted by Crippen LogP contribution is 2.11. The number of hydrogen-bond donors (Lipinski definition) is 2. The smallest absolute Gasteiger partial charge is 0.253 e. The molecule has 0 fully saturated rings. The van der Waals surface area contributed by atoms with E-state index in [-0.39, 0.29) is 5.96 Å². The van der Waals surface area contributed by atoms with Crippen LogP contribution in [0.3, 0.4) is 0 Å². The Balaban J connectivity index is 2.13. The average molecular weight is 269 g/mol. The monoisotopic (exact) mass is 269 g/mol. The summed E-state index contributed by atoms with van der Waals surface area (Å²) in [6, 6.07) is 9.96. The Hall–Kier alpha value is -2.43. The number of aryl methyl sites for hydroxylation is 3. The molecule has 1 aromatic carbocycles. The molecular formula is C15H19N5. The maximum absolute atomic E-state index is 5.87. The standard InChI is InChI=1S/C15H19N5/c1-4-12-5-7-13(8-6-12)19-14(16)20-15-17-10(2)9-11(3)18-15/h5-9H,4H2,1-3H3,(H3,16,17,18,19,20). The highest BCUT2D eigenvalue weighted by atomic mass is 15.2. The highest BCUT2D eigenvalue weighted by molar-refractivity contribution is 5.93. The van der Waals surface area contributed by atoms with E-state index in [0.29, 0.717) is 5.95 Å². The van der Waals surface area contributed by atoms with Crippen LogP contribution in [0.1, 0.15) is 23.9 Å². The van der Waals surface area contributed by atoms with E-state index >= 15 is 0 Å². The Morgan fingerprint density at radius 2 is 1.75 bits per heavy atom. The molecule has 2 rings (SSSR count). The third-order valence-corrected chi connectivity index (χ3v) is 2.83. The fraction of sp³-hybridized carbons (Fsp3) is 0.267. The summed E-state index contributed by atoms with van der Waals surface area (Å²) in [5, 5.41) is 3.03. The highest BCUT2D eigenvalue weighted by Gasteiger charge is 2.00. The van der Waals surface area contributed by atoms with Crippen LogP contribution in [0.5, 0.6) is 0 Å². The maximum Gasteiger partial charge on any atom is 0.253 e. The number of benzene rings is 1. The van der Waals surface area contributed by atoms with Crippen LogP contribution in [0.2, 0.25) is 0 Å². The molecule has 0 bridgehead atoms. The SMILES string of the molecule is CCc1ccc(NC(N)=Nc2nc(C)cc(C)n2)cc1. The summed E-state index contributed by atoms with van der Waals surface area (Å²) in [5.74, 6) is 0.650. The number of nitrogens with zero attached hydrogens (tertiary/aromatic N) is 3. The lowest BCUT2D eigenvalue weighted by atomic mass is 10.1. The Labute approximate surface area is 119 Å². The summed E-state index contributed by atoms with van der Waals surface area (Å²) < 4.78 is 0. The number of aromatic nitrogens is 2. The predicted molar refractivity (Wildman–Crippen MR) is 82.2 cm³/mol. The molecule has 20 heavy (non-hydrogen) atoms. The molecule has 1 aromatic heterocycles. The molecule has 5 nitrogen and oxygen atoms in total. The topological polar surface area (TPSA) is 76.2 Å². The van der Waals surface area contributed by atoms with Crippen molar-refractivity contribution >= 4 is 17.6 Å². The fourth-order valence-electron chi connectivity index (χ4n) is 1.86. The molecule has 5 heteroatoms. The molecule has 3 N–H and O–H groups in total. The second kappa shape index (κ2) is 6.14. The fourth-order valence-corrected chi connectivity index (χ4v) is 1.86. The van der Waals surface area contributed by atoms with E-state index in [1.165, 1.54) is 5.56 Å². The summed E-state index contributed by atoms with van der Waals surface area (Å²) in [4.78, 5) is 12.6. The van der Waals surface area contributed by atoms with Gasteiger partial charge in [-0.05, 0) is 44.0 Å². The van der Waals surface area contributed by atoms with Gasteiger partial charge in [-0.25, -0.2) is 9.97 Å². The third kappa shape index (κ3) is 3.78. The van der Waals surface area contributed by atoms with E-state index in [0.717, 1.165) is 23.5 Å². The van der Waals surface area contributed by atoms with Gasteiger partial charge in [-0.3, -0.25) is 0 Å². The first kappa shape index (κ1) is 14.0. The third-order valence-electron chi connectivity index (χ3n) is 2.83. The number of aliphatic imine (C=N–C) groups is 1. The molecule has 0 saturated carbocycles. The van der Waals surface area contributed by atoms with Gasteiger partial charge in [-0.1, -0.05) is 19.1 Å². The first-order valence-electron chi connectivity index (χ1n) is 6.59. The molecular weight excluding hydrogens is 250 g/mol. The molecule has 0 unspecified atom stereocenters. The summed E-state index contributed by atoms with van der Waals surface area (Å²) >= 11 is 0. The van der Waals surface area contributed by atoms with Crippen LogP contribution in [0, 0.1) is 13.8 Å². The van der Waals surface area contributed by atoms with Crippen molar-refractivity contribution in [3.8, 4) is 0 Å². The van der Waals surface area contributed by atoms with E-state index in [1.54, 1.807) is 0 Å². The van der Waals surface area contributed by atoms with E-state index in [2.05, 4.69) is 39.3 Å². The zero-order valence-electron chi connectivity index (χ0n) is 12.0. The summed E-state index contributed by atoms with van der Waals surface area (Å²) in [5.41, 5.74) is 9.79. The van der Waals surface area contributed by atoms with Crippen LogP contribution in [0.25, 0.3) is 0 Å². The molecule has 104 valence electrons. The van der Waals surface area contributed by atoms with Crippen molar-refractivity contribution in [1.82, 2.24) is 9.97 Å². The van der Waals surface area contributed by atoms with E-state index in [9.17, 15) is 0 Å². The molecule has 0 aliphatic carbocycles. The van der Waals surface area contributed by atoms with Gasteiger partial charge in [0.25, 0.3) is 5.95 Å². The molecule has 0 aliphatic rings. The van der Waals surface area contributed by atoms with Gasteiger partial charge in [0.05, 0.1) is 0 Å². The van der Waals surface area contributed by atoms with Gasteiger partial charge in [-0.15, -0.1) is 0 Å². The maximum atomic E-state index is 5.87. The number of hydrogen-bond acceptors (Lipinski definition) is 3. The first-order chi connectivity index (χ1) is 9.56. The Morgan fingerprint density at radius 1 is 1.15 bits per heavy atom. The number of nitrogens with one attached hydrogen (secondary N) is 1. The van der Waals surface area contributed by atoms with Crippen LogP contribution >= 0.6 is 0 Å². The van der Waals surface area contributed by atoms with Crippen LogP contribution in [-0.4, -0.2) is 15.9 Å². The quantitative estimate of drug-likeness (QED) is 0.663. The van der Waals surface area contributed by atoms with Gasteiger partial charge in [0, 0.05) is 17.1 Å². The van der Waals surface area contributed by atoms with Crippen LogP contribution in [0.4, 0.5) is 11.6 Å². The van der Waals surface area contributed by atoms with Gasteiger partial charge in [-0.2, -0.15) is 4.99 Å². The number of rotatable bonds is 3. The van der Waals surface area contributed by atoms with E-state index < -0.39 is 0 Å². The van der Waals surface area contributed by atoms with Gasteiger partial charge < -0.3 is 11.1 Å². The number of anilines is 1. The molecule has 0 saturated heterocycles. The first-order valence-corrected chi connectivity index (χ1v) is 6.59. The Kier molecular flexibility index (Phi) is 4.30. The second-order valence-electron chi connectivity index (χ2n) is 4.62. The largest absolute Gasteiger partial charge is 0.369 e. The molecule has 1 heterocycles. The normalized spacial score (nSPS) is 11.4. The number of guanidine groups is 1. The minimum absolute atomic E-state index is 0.277. The van der Waals surface area contributed by atoms with Crippen molar-refractivity contribution in [2.45, 2.75) is 27.2 Å². The molecule has 0 radical (unpaired) electrons. The second-order valence-corrected chi connectivity index (χ2v) is 4.62. The molecule has 0 atom stereocenters. The van der Waals surface area contributed by atoms with Crippen molar-refractivity contribution in [2.75, 3.05) is 5.32 Å². The van der Waals surface area contributed by atoms with E-state index in [4.69, 9.17) is 5.73 Å². The number of nitrogens with two attached hydrogens (primary N) is 1. The van der Waals surface area contributed by atoms with Crippen molar-refractivity contribution in [3.63, 3.8) is 0 Å².